The van der Waals surface area contributed by atoms with Gasteiger partial charge in [0.05, 0.1) is 5.69 Å². The summed E-state index contributed by atoms with van der Waals surface area (Å²) in [6.45, 7) is 0. The Morgan fingerprint density at radius 3 is 2.88 bits per heavy atom. The van der Waals surface area contributed by atoms with Crippen molar-refractivity contribution >= 4 is 23.6 Å². The van der Waals surface area contributed by atoms with E-state index in [1.165, 1.54) is 18.6 Å². The summed E-state index contributed by atoms with van der Waals surface area (Å²) < 4.78 is 0. The zero-order chi connectivity index (χ0) is 11.5. The minimum Gasteiger partial charge on any atom is -0.369 e. The van der Waals surface area contributed by atoms with Crippen LogP contribution in [0.4, 0.5) is 0 Å². The molecule has 2 heterocycles. The van der Waals surface area contributed by atoms with Crippen LogP contribution in [0.25, 0.3) is 5.57 Å². The average Bonchev–Trinajstić information content (AvgIpc) is 2.30. The van der Waals surface area contributed by atoms with Crippen LogP contribution in [0.2, 0.25) is 0 Å². The van der Waals surface area contributed by atoms with Crippen LogP contribution in [0.3, 0.4) is 0 Å². The molecule has 0 aromatic carbocycles. The molecule has 1 aliphatic heterocycles. The Balaban J connectivity index is 2.37. The van der Waals surface area contributed by atoms with Crippen LogP contribution >= 0.6 is 0 Å². The van der Waals surface area contributed by atoms with E-state index in [2.05, 4.69) is 15.0 Å². The van der Waals surface area contributed by atoms with E-state index in [0.29, 0.717) is 11.3 Å². The molecule has 6 nitrogen and oxygen atoms in total. The average molecular weight is 216 g/mol. The van der Waals surface area contributed by atoms with Crippen molar-refractivity contribution in [2.24, 2.45) is 16.6 Å². The van der Waals surface area contributed by atoms with Crippen molar-refractivity contribution < 1.29 is 9.59 Å². The van der Waals surface area contributed by atoms with E-state index in [-0.39, 0.29) is 0 Å². The largest absolute Gasteiger partial charge is 0.369 e. The monoisotopic (exact) mass is 216 g/mol. The van der Waals surface area contributed by atoms with Crippen LogP contribution in [-0.4, -0.2) is 28.0 Å². The lowest BCUT2D eigenvalue weighted by Gasteiger charge is -2.10. The van der Waals surface area contributed by atoms with E-state index in [4.69, 9.17) is 5.73 Å². The second-order valence-corrected chi connectivity index (χ2v) is 3.19. The van der Waals surface area contributed by atoms with E-state index < -0.39 is 17.7 Å². The van der Waals surface area contributed by atoms with Gasteiger partial charge in [0.25, 0.3) is 5.91 Å². The normalized spacial score (nSPS) is 19.4. The molecule has 2 N–H and O–H groups in total. The number of dihydropyridines is 1. The summed E-state index contributed by atoms with van der Waals surface area (Å²) in [5, 5.41) is 0. The first-order valence-corrected chi connectivity index (χ1v) is 4.54. The first-order chi connectivity index (χ1) is 7.68. The Labute approximate surface area is 90.9 Å². The van der Waals surface area contributed by atoms with Gasteiger partial charge in [0.1, 0.15) is 12.2 Å². The molecule has 1 aliphatic rings. The SMILES string of the molecule is NC(=O)C1C=C(c2ccncn2)C=NC1=O. The van der Waals surface area contributed by atoms with Crippen molar-refractivity contribution in [3.8, 4) is 0 Å². The molecule has 80 valence electrons. The molecule has 0 radical (unpaired) electrons. The maximum atomic E-state index is 11.2. The Kier molecular flexibility index (Phi) is 2.55. The number of carbonyl (C=O) groups is 2. The lowest BCUT2D eigenvalue weighted by atomic mass is 10.0. The summed E-state index contributed by atoms with van der Waals surface area (Å²) in [7, 11) is 0. The Bertz CT molecular complexity index is 493. The smallest absolute Gasteiger partial charge is 0.262 e. The zero-order valence-corrected chi connectivity index (χ0v) is 8.20. The molecule has 0 saturated carbocycles. The summed E-state index contributed by atoms with van der Waals surface area (Å²) in [6.07, 6.45) is 5.76. The van der Waals surface area contributed by atoms with Gasteiger partial charge in [-0.3, -0.25) is 9.59 Å². The predicted molar refractivity (Wildman–Crippen MR) is 56.2 cm³/mol. The standard InChI is InChI=1S/C10H8N4O2/c11-9(15)7-3-6(4-13-10(7)16)8-1-2-12-5-14-8/h1-5,7H,(H2,11,15). The fraction of sp³-hybridized carbons (Fsp3) is 0.100. The second kappa shape index (κ2) is 4.01. The lowest BCUT2D eigenvalue weighted by Crippen LogP contribution is -2.29. The lowest BCUT2D eigenvalue weighted by molar-refractivity contribution is -0.129. The topological polar surface area (TPSA) is 98.3 Å². The van der Waals surface area contributed by atoms with Crippen LogP contribution in [0, 0.1) is 5.92 Å². The maximum Gasteiger partial charge on any atom is 0.262 e. The summed E-state index contributed by atoms with van der Waals surface area (Å²) in [6, 6.07) is 1.66. The molecule has 0 aliphatic carbocycles. The van der Waals surface area contributed by atoms with Crippen molar-refractivity contribution in [2.45, 2.75) is 0 Å². The number of primary amides is 1. The number of aliphatic imine (C=N–C) groups is 1. The van der Waals surface area contributed by atoms with E-state index in [0.717, 1.165) is 0 Å². The molecule has 2 amide bonds. The Morgan fingerprint density at radius 1 is 1.44 bits per heavy atom. The summed E-state index contributed by atoms with van der Waals surface area (Å²) in [4.78, 5) is 33.6. The summed E-state index contributed by atoms with van der Waals surface area (Å²) >= 11 is 0. The third kappa shape index (κ3) is 1.85. The quantitative estimate of drug-likeness (QED) is 0.678. The molecule has 0 bridgehead atoms. The molecule has 2 rings (SSSR count). The highest BCUT2D eigenvalue weighted by Crippen LogP contribution is 2.17. The van der Waals surface area contributed by atoms with E-state index >= 15 is 0 Å². The van der Waals surface area contributed by atoms with Crippen molar-refractivity contribution in [3.05, 3.63) is 30.4 Å². The van der Waals surface area contributed by atoms with Gasteiger partial charge in [0.15, 0.2) is 0 Å². The van der Waals surface area contributed by atoms with Gasteiger partial charge >= 0.3 is 0 Å². The molecule has 0 fully saturated rings. The molecule has 6 heteroatoms. The van der Waals surface area contributed by atoms with Crippen molar-refractivity contribution in [1.82, 2.24) is 9.97 Å². The minimum atomic E-state index is -1.00. The molecule has 1 aromatic heterocycles. The van der Waals surface area contributed by atoms with Gasteiger partial charge in [-0.2, -0.15) is 0 Å². The number of allylic oxidation sites excluding steroid dienone is 1. The van der Waals surface area contributed by atoms with Crippen molar-refractivity contribution in [1.29, 1.82) is 0 Å². The van der Waals surface area contributed by atoms with E-state index in [1.807, 2.05) is 0 Å². The molecule has 1 aromatic rings. The highest BCUT2D eigenvalue weighted by molar-refractivity contribution is 6.19. The van der Waals surface area contributed by atoms with E-state index in [9.17, 15) is 9.59 Å². The van der Waals surface area contributed by atoms with Crippen molar-refractivity contribution in [2.75, 3.05) is 0 Å². The van der Waals surface area contributed by atoms with Crippen molar-refractivity contribution in [3.63, 3.8) is 0 Å². The van der Waals surface area contributed by atoms with Gasteiger partial charge in [-0.25, -0.2) is 15.0 Å². The van der Waals surface area contributed by atoms with Crippen LogP contribution in [0.1, 0.15) is 5.69 Å². The van der Waals surface area contributed by atoms with Crippen LogP contribution in [-0.2, 0) is 9.59 Å². The molecule has 1 unspecified atom stereocenters. The van der Waals surface area contributed by atoms with Gasteiger partial charge in [-0.15, -0.1) is 0 Å². The number of rotatable bonds is 2. The van der Waals surface area contributed by atoms with Gasteiger partial charge in [0.2, 0.25) is 5.91 Å². The molecule has 0 saturated heterocycles. The number of hydrogen-bond donors (Lipinski definition) is 1. The second-order valence-electron chi connectivity index (χ2n) is 3.19. The van der Waals surface area contributed by atoms with E-state index in [1.54, 1.807) is 12.3 Å². The number of hydrogen-bond acceptors (Lipinski definition) is 4. The highest BCUT2D eigenvalue weighted by Gasteiger charge is 2.25. The first kappa shape index (κ1) is 10.2. The highest BCUT2D eigenvalue weighted by atomic mass is 16.2. The van der Waals surface area contributed by atoms with Crippen LogP contribution in [0.15, 0.2) is 29.7 Å². The fourth-order valence-corrected chi connectivity index (χ4v) is 1.32. The Hall–Kier alpha value is -2.37. The van der Waals surface area contributed by atoms with Gasteiger partial charge < -0.3 is 5.73 Å². The number of aromatic nitrogens is 2. The number of carbonyl (C=O) groups excluding carboxylic acids is 2. The molecule has 16 heavy (non-hydrogen) atoms. The van der Waals surface area contributed by atoms with Crippen LogP contribution < -0.4 is 5.73 Å². The third-order valence-corrected chi connectivity index (χ3v) is 2.13. The molecule has 1 atom stereocenters. The number of nitrogens with zero attached hydrogens (tertiary/aromatic N) is 3. The minimum absolute atomic E-state index is 0.551. The number of amides is 2. The molecule has 0 spiro atoms. The predicted octanol–water partition coefficient (Wildman–Crippen LogP) is -0.427. The van der Waals surface area contributed by atoms with Gasteiger partial charge in [0, 0.05) is 18.0 Å². The fourth-order valence-electron chi connectivity index (χ4n) is 1.32. The number of nitrogens with two attached hydrogens (primary N) is 1. The summed E-state index contributed by atoms with van der Waals surface area (Å²) in [5.41, 5.74) is 6.27. The van der Waals surface area contributed by atoms with Crippen LogP contribution in [0.5, 0.6) is 0 Å². The maximum absolute atomic E-state index is 11.2. The molecular formula is C10H8N4O2. The molecular weight excluding hydrogens is 208 g/mol. The van der Waals surface area contributed by atoms with Gasteiger partial charge in [-0.05, 0) is 6.07 Å². The third-order valence-electron chi connectivity index (χ3n) is 2.13. The Morgan fingerprint density at radius 2 is 2.25 bits per heavy atom. The zero-order valence-electron chi connectivity index (χ0n) is 8.20. The van der Waals surface area contributed by atoms with Gasteiger partial charge in [-0.1, -0.05) is 6.08 Å². The first-order valence-electron chi connectivity index (χ1n) is 4.54. The summed E-state index contributed by atoms with van der Waals surface area (Å²) in [5.74, 6) is -2.27.